The van der Waals surface area contributed by atoms with E-state index < -0.39 is 0 Å². The van der Waals surface area contributed by atoms with Gasteiger partial charge in [-0.25, -0.2) is 4.39 Å². The van der Waals surface area contributed by atoms with E-state index in [0.717, 1.165) is 24.3 Å². The Balaban J connectivity index is 2.14. The van der Waals surface area contributed by atoms with Gasteiger partial charge < -0.3 is 4.90 Å². The standard InChI is InChI=1S/C14H15FN2/c15-11-5-4-6-12-14(11)13(7-8-16-12)17-9-2-1-3-10-17/h4-8H,1-3,9-10H2. The summed E-state index contributed by atoms with van der Waals surface area (Å²) in [6.45, 7) is 2.04. The summed E-state index contributed by atoms with van der Waals surface area (Å²) in [7, 11) is 0. The Bertz CT molecular complexity index is 527. The van der Waals surface area contributed by atoms with E-state index in [1.165, 1.54) is 25.3 Å². The summed E-state index contributed by atoms with van der Waals surface area (Å²) < 4.78 is 13.9. The highest BCUT2D eigenvalue weighted by molar-refractivity contribution is 5.92. The largest absolute Gasteiger partial charge is 0.371 e. The van der Waals surface area contributed by atoms with Crippen LogP contribution < -0.4 is 4.90 Å². The number of aromatic nitrogens is 1. The highest BCUT2D eigenvalue weighted by Gasteiger charge is 2.15. The van der Waals surface area contributed by atoms with Crippen molar-refractivity contribution in [3.05, 3.63) is 36.3 Å². The molecule has 2 nitrogen and oxygen atoms in total. The van der Waals surface area contributed by atoms with E-state index in [1.54, 1.807) is 12.3 Å². The average Bonchev–Trinajstić information content (AvgIpc) is 2.39. The first-order chi connectivity index (χ1) is 8.36. The fraction of sp³-hybridized carbons (Fsp3) is 0.357. The van der Waals surface area contributed by atoms with Crippen LogP contribution in [-0.2, 0) is 0 Å². The number of fused-ring (bicyclic) bond motifs is 1. The van der Waals surface area contributed by atoms with Crippen LogP contribution in [0.2, 0.25) is 0 Å². The SMILES string of the molecule is Fc1cccc2nccc(N3CCCCC3)c12. The number of rotatable bonds is 1. The van der Waals surface area contributed by atoms with Crippen molar-refractivity contribution >= 4 is 16.6 Å². The van der Waals surface area contributed by atoms with E-state index in [-0.39, 0.29) is 5.82 Å². The second-order valence-corrected chi connectivity index (χ2v) is 4.51. The van der Waals surface area contributed by atoms with E-state index in [0.29, 0.717) is 5.39 Å². The van der Waals surface area contributed by atoms with Gasteiger partial charge in [-0.2, -0.15) is 0 Å². The summed E-state index contributed by atoms with van der Waals surface area (Å²) in [6.07, 6.45) is 5.43. The third-order valence-corrected chi connectivity index (χ3v) is 3.39. The Kier molecular flexibility index (Phi) is 2.67. The van der Waals surface area contributed by atoms with Gasteiger partial charge in [0.25, 0.3) is 0 Å². The molecular formula is C14H15FN2. The predicted octanol–water partition coefficient (Wildman–Crippen LogP) is 3.36. The van der Waals surface area contributed by atoms with E-state index in [4.69, 9.17) is 0 Å². The molecule has 0 N–H and O–H groups in total. The van der Waals surface area contributed by atoms with Crippen LogP contribution in [-0.4, -0.2) is 18.1 Å². The minimum absolute atomic E-state index is 0.170. The van der Waals surface area contributed by atoms with Gasteiger partial charge in [0.2, 0.25) is 0 Å². The van der Waals surface area contributed by atoms with Crippen LogP contribution in [0, 0.1) is 5.82 Å². The quantitative estimate of drug-likeness (QED) is 0.746. The fourth-order valence-corrected chi connectivity index (χ4v) is 2.54. The van der Waals surface area contributed by atoms with Crippen LogP contribution in [0.5, 0.6) is 0 Å². The predicted molar refractivity (Wildman–Crippen MR) is 67.8 cm³/mol. The molecule has 0 saturated carbocycles. The number of hydrogen-bond donors (Lipinski definition) is 0. The Hall–Kier alpha value is -1.64. The van der Waals surface area contributed by atoms with Gasteiger partial charge >= 0.3 is 0 Å². The van der Waals surface area contributed by atoms with Crippen molar-refractivity contribution < 1.29 is 4.39 Å². The Morgan fingerprint density at radius 2 is 1.88 bits per heavy atom. The van der Waals surface area contributed by atoms with Crippen LogP contribution in [0.1, 0.15) is 19.3 Å². The molecular weight excluding hydrogens is 215 g/mol. The van der Waals surface area contributed by atoms with Crippen LogP contribution in [0.25, 0.3) is 10.9 Å². The maximum absolute atomic E-state index is 13.9. The number of nitrogens with zero attached hydrogens (tertiary/aromatic N) is 2. The molecule has 1 aliphatic heterocycles. The van der Waals surface area contributed by atoms with Gasteiger partial charge in [-0.15, -0.1) is 0 Å². The Morgan fingerprint density at radius 3 is 2.71 bits per heavy atom. The fourth-order valence-electron chi connectivity index (χ4n) is 2.54. The molecule has 1 aromatic heterocycles. The number of piperidine rings is 1. The van der Waals surface area contributed by atoms with E-state index in [2.05, 4.69) is 9.88 Å². The van der Waals surface area contributed by atoms with Gasteiger partial charge in [0.05, 0.1) is 16.6 Å². The molecule has 88 valence electrons. The normalized spacial score (nSPS) is 16.4. The molecule has 0 spiro atoms. The van der Waals surface area contributed by atoms with Gasteiger partial charge in [0.15, 0.2) is 0 Å². The number of pyridine rings is 1. The zero-order valence-electron chi connectivity index (χ0n) is 9.69. The van der Waals surface area contributed by atoms with Crippen LogP contribution in [0.3, 0.4) is 0 Å². The zero-order chi connectivity index (χ0) is 11.7. The molecule has 0 unspecified atom stereocenters. The van der Waals surface area contributed by atoms with Crippen molar-refractivity contribution in [2.24, 2.45) is 0 Å². The first-order valence-electron chi connectivity index (χ1n) is 6.14. The van der Waals surface area contributed by atoms with Crippen LogP contribution >= 0.6 is 0 Å². The second kappa shape index (κ2) is 4.32. The Morgan fingerprint density at radius 1 is 1.06 bits per heavy atom. The lowest BCUT2D eigenvalue weighted by Gasteiger charge is -2.29. The van der Waals surface area contributed by atoms with Crippen molar-refractivity contribution in [2.75, 3.05) is 18.0 Å². The number of halogens is 1. The lowest BCUT2D eigenvalue weighted by atomic mass is 10.1. The van der Waals surface area contributed by atoms with Crippen molar-refractivity contribution in [3.63, 3.8) is 0 Å². The molecule has 0 amide bonds. The van der Waals surface area contributed by atoms with E-state index >= 15 is 0 Å². The zero-order valence-corrected chi connectivity index (χ0v) is 9.69. The summed E-state index contributed by atoms with van der Waals surface area (Å²) in [4.78, 5) is 6.51. The first-order valence-corrected chi connectivity index (χ1v) is 6.14. The molecule has 2 aromatic rings. The molecule has 1 aromatic carbocycles. The van der Waals surface area contributed by atoms with Gasteiger partial charge in [-0.1, -0.05) is 6.07 Å². The summed E-state index contributed by atoms with van der Waals surface area (Å²) in [5, 5.41) is 0.664. The van der Waals surface area contributed by atoms with Crippen molar-refractivity contribution in [1.82, 2.24) is 4.98 Å². The van der Waals surface area contributed by atoms with Crippen molar-refractivity contribution in [1.29, 1.82) is 0 Å². The van der Waals surface area contributed by atoms with Crippen molar-refractivity contribution in [2.45, 2.75) is 19.3 Å². The topological polar surface area (TPSA) is 16.1 Å². The molecule has 0 atom stereocenters. The number of hydrogen-bond acceptors (Lipinski definition) is 2. The van der Waals surface area contributed by atoms with Gasteiger partial charge in [0.1, 0.15) is 5.82 Å². The Labute approximate surface area is 100 Å². The first kappa shape index (κ1) is 10.5. The van der Waals surface area contributed by atoms with Gasteiger partial charge in [-0.3, -0.25) is 4.98 Å². The third-order valence-electron chi connectivity index (χ3n) is 3.39. The van der Waals surface area contributed by atoms with Gasteiger partial charge in [0, 0.05) is 19.3 Å². The number of anilines is 1. The summed E-state index contributed by atoms with van der Waals surface area (Å²) in [5.74, 6) is -0.170. The molecule has 1 aliphatic rings. The molecule has 3 heteroatoms. The molecule has 0 aliphatic carbocycles. The summed E-state index contributed by atoms with van der Waals surface area (Å²) in [5.41, 5.74) is 1.74. The summed E-state index contributed by atoms with van der Waals surface area (Å²) >= 11 is 0. The number of benzene rings is 1. The van der Waals surface area contributed by atoms with Crippen molar-refractivity contribution in [3.8, 4) is 0 Å². The molecule has 0 radical (unpaired) electrons. The smallest absolute Gasteiger partial charge is 0.134 e. The molecule has 17 heavy (non-hydrogen) atoms. The second-order valence-electron chi connectivity index (χ2n) is 4.51. The van der Waals surface area contributed by atoms with Crippen LogP contribution in [0.15, 0.2) is 30.5 Å². The van der Waals surface area contributed by atoms with Gasteiger partial charge in [-0.05, 0) is 37.5 Å². The maximum atomic E-state index is 13.9. The highest BCUT2D eigenvalue weighted by Crippen LogP contribution is 2.29. The van der Waals surface area contributed by atoms with E-state index in [9.17, 15) is 4.39 Å². The lowest BCUT2D eigenvalue weighted by Crippen LogP contribution is -2.29. The molecule has 0 bridgehead atoms. The molecule has 3 rings (SSSR count). The monoisotopic (exact) mass is 230 g/mol. The van der Waals surface area contributed by atoms with E-state index in [1.807, 2.05) is 12.1 Å². The highest BCUT2D eigenvalue weighted by atomic mass is 19.1. The third kappa shape index (κ3) is 1.86. The van der Waals surface area contributed by atoms with Crippen LogP contribution in [0.4, 0.5) is 10.1 Å². The average molecular weight is 230 g/mol. The summed E-state index contributed by atoms with van der Waals surface area (Å²) in [6, 6.07) is 7.02. The molecule has 1 saturated heterocycles. The molecule has 2 heterocycles. The maximum Gasteiger partial charge on any atom is 0.134 e. The molecule has 1 fully saturated rings. The minimum Gasteiger partial charge on any atom is -0.371 e. The minimum atomic E-state index is -0.170. The lowest BCUT2D eigenvalue weighted by molar-refractivity contribution is 0.577.